The van der Waals surface area contributed by atoms with Crippen molar-refractivity contribution in [3.63, 3.8) is 0 Å². The molecule has 0 saturated carbocycles. The highest BCUT2D eigenvalue weighted by molar-refractivity contribution is 5.35. The predicted octanol–water partition coefficient (Wildman–Crippen LogP) is 5.03. The summed E-state index contributed by atoms with van der Waals surface area (Å²) in [4.78, 5) is 0. The maximum atomic E-state index is 3.56. The zero-order valence-electron chi connectivity index (χ0n) is 11.8. The van der Waals surface area contributed by atoms with Crippen LogP contribution in [0.25, 0.3) is 0 Å². The highest BCUT2D eigenvalue weighted by Crippen LogP contribution is 2.29. The second-order valence-electron chi connectivity index (χ2n) is 6.34. The van der Waals surface area contributed by atoms with E-state index in [1.165, 1.54) is 16.7 Å². The number of hydrogen-bond donors (Lipinski definition) is 0. The zero-order chi connectivity index (χ0) is 12.5. The summed E-state index contributed by atoms with van der Waals surface area (Å²) in [5.74, 6) is 1.11. The van der Waals surface area contributed by atoms with Crippen molar-refractivity contribution in [1.29, 1.82) is 0 Å². The van der Waals surface area contributed by atoms with Crippen LogP contribution in [0.5, 0.6) is 0 Å². The summed E-state index contributed by atoms with van der Waals surface area (Å²) >= 11 is 0. The molecule has 0 aliphatic carbocycles. The van der Waals surface area contributed by atoms with Crippen LogP contribution in [0.3, 0.4) is 0 Å². The number of hydrogen-bond acceptors (Lipinski definition) is 0. The molecule has 0 spiro atoms. The van der Waals surface area contributed by atoms with E-state index in [2.05, 4.69) is 66.7 Å². The van der Waals surface area contributed by atoms with Gasteiger partial charge in [-0.25, -0.2) is 0 Å². The van der Waals surface area contributed by atoms with E-state index < -0.39 is 0 Å². The lowest BCUT2D eigenvalue weighted by Crippen LogP contribution is -2.13. The summed E-state index contributed by atoms with van der Waals surface area (Å²) in [6.45, 7) is 15.8. The van der Waals surface area contributed by atoms with Crippen LogP contribution in [0.4, 0.5) is 0 Å². The van der Waals surface area contributed by atoms with E-state index in [-0.39, 0.29) is 5.41 Å². The van der Waals surface area contributed by atoms with E-state index in [0.29, 0.717) is 11.8 Å². The van der Waals surface area contributed by atoms with Crippen LogP contribution in [0, 0.1) is 6.07 Å². The summed E-state index contributed by atoms with van der Waals surface area (Å²) in [6, 6.07) is 8.19. The molecule has 1 radical (unpaired) electrons. The molecule has 89 valence electrons. The molecule has 0 bridgehead atoms. The van der Waals surface area contributed by atoms with Gasteiger partial charge in [-0.1, -0.05) is 60.6 Å². The average molecular weight is 217 g/mol. The van der Waals surface area contributed by atoms with Gasteiger partial charge in [0.2, 0.25) is 0 Å². The standard InChI is InChI=1S/C16H25/c1-11(2)13-8-14(12(3)4)10-15(9-13)16(5,6)7/h9-12H,1-7H3. The largest absolute Gasteiger partial charge is 0.0587 e. The fraction of sp³-hybridized carbons (Fsp3) is 0.625. The Morgan fingerprint density at radius 2 is 1.25 bits per heavy atom. The molecule has 1 aromatic carbocycles. The SMILES string of the molecule is CC(C)c1[c]c(C(C)C)cc(C(C)(C)C)c1. The van der Waals surface area contributed by atoms with Gasteiger partial charge in [0.1, 0.15) is 0 Å². The Kier molecular flexibility index (Phi) is 3.83. The Bertz CT molecular complexity index is 325. The Balaban J connectivity index is 3.30. The van der Waals surface area contributed by atoms with E-state index in [9.17, 15) is 0 Å². The van der Waals surface area contributed by atoms with Gasteiger partial charge < -0.3 is 0 Å². The first kappa shape index (κ1) is 13.3. The lowest BCUT2D eigenvalue weighted by Gasteiger charge is -2.23. The van der Waals surface area contributed by atoms with E-state index in [1.807, 2.05) is 0 Å². The minimum atomic E-state index is 0.225. The van der Waals surface area contributed by atoms with E-state index in [1.54, 1.807) is 0 Å². The number of rotatable bonds is 2. The Morgan fingerprint density at radius 1 is 0.875 bits per heavy atom. The molecule has 0 atom stereocenters. The first-order chi connectivity index (χ1) is 7.21. The molecular weight excluding hydrogens is 192 g/mol. The van der Waals surface area contributed by atoms with Crippen molar-refractivity contribution in [2.45, 2.75) is 65.7 Å². The third-order valence-corrected chi connectivity index (χ3v) is 3.02. The first-order valence-electron chi connectivity index (χ1n) is 6.29. The van der Waals surface area contributed by atoms with Crippen LogP contribution in [0.1, 0.15) is 77.0 Å². The maximum Gasteiger partial charge on any atom is -0.0109 e. The van der Waals surface area contributed by atoms with Crippen LogP contribution >= 0.6 is 0 Å². The van der Waals surface area contributed by atoms with Gasteiger partial charge in [-0.05, 0) is 40.0 Å². The van der Waals surface area contributed by atoms with Crippen molar-refractivity contribution in [1.82, 2.24) is 0 Å². The Labute approximate surface area is 101 Å². The van der Waals surface area contributed by atoms with Gasteiger partial charge in [-0.3, -0.25) is 0 Å². The molecule has 0 N–H and O–H groups in total. The molecule has 0 unspecified atom stereocenters. The van der Waals surface area contributed by atoms with Gasteiger partial charge >= 0.3 is 0 Å². The molecule has 0 heterocycles. The lowest BCUT2D eigenvalue weighted by atomic mass is 9.82. The maximum absolute atomic E-state index is 3.56. The monoisotopic (exact) mass is 217 g/mol. The topological polar surface area (TPSA) is 0 Å². The third kappa shape index (κ3) is 3.10. The molecule has 0 aliphatic heterocycles. The van der Waals surface area contributed by atoms with Crippen molar-refractivity contribution >= 4 is 0 Å². The Hall–Kier alpha value is -0.780. The molecule has 0 saturated heterocycles. The summed E-state index contributed by atoms with van der Waals surface area (Å²) < 4.78 is 0. The summed E-state index contributed by atoms with van der Waals surface area (Å²) in [6.07, 6.45) is 0. The predicted molar refractivity (Wildman–Crippen MR) is 72.2 cm³/mol. The minimum Gasteiger partial charge on any atom is -0.0587 e. The highest BCUT2D eigenvalue weighted by Gasteiger charge is 2.17. The zero-order valence-corrected chi connectivity index (χ0v) is 11.8. The number of benzene rings is 1. The quantitative estimate of drug-likeness (QED) is 0.651. The van der Waals surface area contributed by atoms with Gasteiger partial charge in [0, 0.05) is 0 Å². The summed E-state index contributed by atoms with van der Waals surface area (Å²) in [5, 5.41) is 0. The molecule has 1 aromatic rings. The molecule has 0 nitrogen and oxygen atoms in total. The fourth-order valence-corrected chi connectivity index (χ4v) is 1.67. The van der Waals surface area contributed by atoms with Crippen molar-refractivity contribution < 1.29 is 0 Å². The van der Waals surface area contributed by atoms with Crippen LogP contribution in [0.2, 0.25) is 0 Å². The van der Waals surface area contributed by atoms with Crippen LogP contribution in [0.15, 0.2) is 12.1 Å². The molecule has 0 amide bonds. The molecule has 0 aliphatic rings. The fourth-order valence-electron chi connectivity index (χ4n) is 1.67. The van der Waals surface area contributed by atoms with Crippen molar-refractivity contribution in [3.05, 3.63) is 34.9 Å². The van der Waals surface area contributed by atoms with Crippen LogP contribution in [-0.4, -0.2) is 0 Å². The normalized spacial score (nSPS) is 12.6. The highest BCUT2D eigenvalue weighted by atomic mass is 14.2. The summed E-state index contributed by atoms with van der Waals surface area (Å²) in [5.41, 5.74) is 4.34. The molecule has 16 heavy (non-hydrogen) atoms. The second kappa shape index (κ2) is 4.61. The van der Waals surface area contributed by atoms with Crippen LogP contribution < -0.4 is 0 Å². The molecule has 0 aromatic heterocycles. The van der Waals surface area contributed by atoms with Gasteiger partial charge in [0.15, 0.2) is 0 Å². The molecule has 1 rings (SSSR count). The first-order valence-corrected chi connectivity index (χ1v) is 6.29. The average Bonchev–Trinajstić information content (AvgIpc) is 2.15. The smallest absolute Gasteiger partial charge is 0.0109 e. The second-order valence-corrected chi connectivity index (χ2v) is 6.34. The van der Waals surface area contributed by atoms with Gasteiger partial charge in [-0.15, -0.1) is 0 Å². The molecular formula is C16H25. The van der Waals surface area contributed by atoms with Crippen LogP contribution in [-0.2, 0) is 5.41 Å². The van der Waals surface area contributed by atoms with E-state index in [4.69, 9.17) is 0 Å². The minimum absolute atomic E-state index is 0.225. The Morgan fingerprint density at radius 3 is 1.50 bits per heavy atom. The van der Waals surface area contributed by atoms with Crippen molar-refractivity contribution in [3.8, 4) is 0 Å². The van der Waals surface area contributed by atoms with Gasteiger partial charge in [-0.2, -0.15) is 0 Å². The van der Waals surface area contributed by atoms with E-state index in [0.717, 1.165) is 0 Å². The molecule has 0 heteroatoms. The van der Waals surface area contributed by atoms with Gasteiger partial charge in [0.05, 0.1) is 0 Å². The molecule has 0 fully saturated rings. The van der Waals surface area contributed by atoms with E-state index >= 15 is 0 Å². The van der Waals surface area contributed by atoms with Gasteiger partial charge in [0.25, 0.3) is 0 Å². The van der Waals surface area contributed by atoms with Crippen molar-refractivity contribution in [2.24, 2.45) is 0 Å². The van der Waals surface area contributed by atoms with Crippen molar-refractivity contribution in [2.75, 3.05) is 0 Å². The summed E-state index contributed by atoms with van der Waals surface area (Å²) in [7, 11) is 0. The lowest BCUT2D eigenvalue weighted by molar-refractivity contribution is 0.586. The third-order valence-electron chi connectivity index (χ3n) is 3.02.